The van der Waals surface area contributed by atoms with Gasteiger partial charge in [0.15, 0.2) is 4.33 Å². The van der Waals surface area contributed by atoms with Crippen molar-refractivity contribution < 1.29 is 0 Å². The number of hydrogen-bond acceptors (Lipinski definition) is 0. The lowest BCUT2D eigenvalue weighted by molar-refractivity contribution is 0.562. The lowest BCUT2D eigenvalue weighted by atomic mass is 9.81. The first kappa shape index (κ1) is 13.2. The lowest BCUT2D eigenvalue weighted by Gasteiger charge is -2.49. The molecule has 0 radical (unpaired) electrons. The number of fused-ring (bicyclic) bond motifs is 1. The Bertz CT molecular complexity index is 421. The normalized spacial score (nSPS) is 43.2. The summed E-state index contributed by atoms with van der Waals surface area (Å²) in [5.41, 5.74) is 0. The minimum Gasteiger partial charge on any atom is -0.107 e. The third-order valence-corrected chi connectivity index (χ3v) is 7.70. The fraction of sp³-hybridized carbons (Fsp3) is 0.429. The van der Waals surface area contributed by atoms with Crippen LogP contribution in [0.15, 0.2) is 20.1 Å². The Kier molecular flexibility index (Phi) is 3.02. The van der Waals surface area contributed by atoms with E-state index in [1.54, 1.807) is 0 Å². The molecule has 0 fully saturated rings. The minimum atomic E-state index is -1.69. The zero-order valence-corrected chi connectivity index (χ0v) is 12.6. The highest BCUT2D eigenvalue weighted by Crippen LogP contribution is 2.76. The molecule has 2 aliphatic carbocycles. The third-order valence-electron chi connectivity index (χ3n) is 2.48. The molecule has 2 aliphatic rings. The van der Waals surface area contributed by atoms with Gasteiger partial charge in [0.1, 0.15) is 9.75 Å². The quantitative estimate of drug-likeness (QED) is 0.494. The molecule has 0 aromatic carbocycles. The molecule has 0 aliphatic heterocycles. The molecule has 0 saturated carbocycles. The molecular weight excluding hydrogens is 368 g/mol. The van der Waals surface area contributed by atoms with Crippen LogP contribution in [0.4, 0.5) is 0 Å². The molecule has 0 bridgehead atoms. The molecule has 84 valence electrons. The molecule has 0 amide bonds. The molecule has 0 nitrogen and oxygen atoms in total. The summed E-state index contributed by atoms with van der Waals surface area (Å²) in [5, 5.41) is 0.0818. The van der Waals surface area contributed by atoms with Crippen molar-refractivity contribution in [2.24, 2.45) is 0 Å². The SMILES string of the molecule is ClC1=C(Cl)[C@@]2(Cl)C(Cl)=C(Cl)[C@@]2(Cl)C1(Cl)Cl. The lowest BCUT2D eigenvalue weighted by Crippen LogP contribution is -2.60. The Hall–Kier alpha value is 1.80. The molecular formula is C7Cl8. The highest BCUT2D eigenvalue weighted by atomic mass is 35.5. The first-order chi connectivity index (χ1) is 6.63. The second kappa shape index (κ2) is 3.42. The van der Waals surface area contributed by atoms with E-state index in [0.717, 1.165) is 0 Å². The van der Waals surface area contributed by atoms with E-state index >= 15 is 0 Å². The van der Waals surface area contributed by atoms with E-state index in [1.165, 1.54) is 0 Å². The van der Waals surface area contributed by atoms with E-state index in [0.29, 0.717) is 0 Å². The number of allylic oxidation sites excluding steroid dienone is 4. The molecule has 0 aromatic heterocycles. The predicted molar refractivity (Wildman–Crippen MR) is 69.1 cm³/mol. The van der Waals surface area contributed by atoms with Crippen molar-refractivity contribution in [1.82, 2.24) is 0 Å². The van der Waals surface area contributed by atoms with Crippen molar-refractivity contribution in [2.45, 2.75) is 14.1 Å². The Morgan fingerprint density at radius 3 is 1.40 bits per heavy atom. The van der Waals surface area contributed by atoms with Gasteiger partial charge in [-0.2, -0.15) is 0 Å². The Balaban J connectivity index is 2.76. The van der Waals surface area contributed by atoms with Gasteiger partial charge in [-0.25, -0.2) is 0 Å². The largest absolute Gasteiger partial charge is 0.181 e. The minimum absolute atomic E-state index is 0.000216. The van der Waals surface area contributed by atoms with Crippen molar-refractivity contribution in [3.63, 3.8) is 0 Å². The summed E-state index contributed by atoms with van der Waals surface area (Å²) >= 11 is 47.9. The standard InChI is InChI=1S/C7Cl8/c8-1-3(10)6(13)5(1,12)2(9)4(11)7(6,14)15/t5-,6-/m0/s1. The van der Waals surface area contributed by atoms with Gasteiger partial charge in [-0.15, -0.1) is 23.2 Å². The van der Waals surface area contributed by atoms with Gasteiger partial charge in [0, 0.05) is 0 Å². The number of halogens is 8. The zero-order valence-electron chi connectivity index (χ0n) is 6.52. The summed E-state index contributed by atoms with van der Waals surface area (Å²) < 4.78 is -1.69. The number of hydrogen-bond donors (Lipinski definition) is 0. The maximum atomic E-state index is 6.19. The van der Waals surface area contributed by atoms with Gasteiger partial charge in [-0.3, -0.25) is 0 Å². The van der Waals surface area contributed by atoms with Crippen molar-refractivity contribution in [3.05, 3.63) is 20.1 Å². The van der Waals surface area contributed by atoms with E-state index in [9.17, 15) is 0 Å². The summed E-state index contributed by atoms with van der Waals surface area (Å²) in [5.74, 6) is 0. The van der Waals surface area contributed by atoms with Crippen LogP contribution >= 0.6 is 92.8 Å². The molecule has 2 atom stereocenters. The first-order valence-corrected chi connectivity index (χ1v) is 6.54. The first-order valence-electron chi connectivity index (χ1n) is 3.51. The van der Waals surface area contributed by atoms with E-state index in [4.69, 9.17) is 92.8 Å². The summed E-state index contributed by atoms with van der Waals surface area (Å²) in [6.07, 6.45) is 0. The highest BCUT2D eigenvalue weighted by Gasteiger charge is 2.79. The Labute approximate surface area is 126 Å². The van der Waals surface area contributed by atoms with Crippen LogP contribution in [0.5, 0.6) is 0 Å². The number of alkyl halides is 4. The Morgan fingerprint density at radius 1 is 0.600 bits per heavy atom. The molecule has 0 saturated heterocycles. The van der Waals surface area contributed by atoms with Crippen LogP contribution in [0.2, 0.25) is 0 Å². The molecule has 0 unspecified atom stereocenters. The van der Waals surface area contributed by atoms with Crippen LogP contribution in [0.1, 0.15) is 0 Å². The molecule has 0 N–H and O–H groups in total. The second-order valence-electron chi connectivity index (χ2n) is 3.15. The maximum absolute atomic E-state index is 6.19. The topological polar surface area (TPSA) is 0 Å². The molecule has 0 spiro atoms. The highest BCUT2D eigenvalue weighted by molar-refractivity contribution is 6.71. The van der Waals surface area contributed by atoms with E-state index in [2.05, 4.69) is 0 Å². The van der Waals surface area contributed by atoms with Crippen LogP contribution in [0.25, 0.3) is 0 Å². The van der Waals surface area contributed by atoms with Gasteiger partial charge in [0.25, 0.3) is 0 Å². The predicted octanol–water partition coefficient (Wildman–Crippen LogP) is 5.52. The monoisotopic (exact) mass is 364 g/mol. The second-order valence-corrected chi connectivity index (χ2v) is 7.12. The summed E-state index contributed by atoms with van der Waals surface area (Å²) in [6.45, 7) is 0. The average Bonchev–Trinajstić information content (AvgIpc) is 2.29. The van der Waals surface area contributed by atoms with Crippen LogP contribution < -0.4 is 0 Å². The average molecular weight is 368 g/mol. The summed E-state index contributed by atoms with van der Waals surface area (Å²) in [4.78, 5) is -2.95. The fourth-order valence-electron chi connectivity index (χ4n) is 1.58. The maximum Gasteiger partial charge on any atom is 0.181 e. The van der Waals surface area contributed by atoms with Crippen LogP contribution in [-0.2, 0) is 0 Å². The molecule has 15 heavy (non-hydrogen) atoms. The van der Waals surface area contributed by atoms with Crippen LogP contribution in [0.3, 0.4) is 0 Å². The van der Waals surface area contributed by atoms with Gasteiger partial charge in [-0.1, -0.05) is 69.6 Å². The summed E-state index contributed by atoms with van der Waals surface area (Å²) in [6, 6.07) is 0. The molecule has 2 rings (SSSR count). The third kappa shape index (κ3) is 1.12. The summed E-state index contributed by atoms with van der Waals surface area (Å²) in [7, 11) is 0. The van der Waals surface area contributed by atoms with Gasteiger partial charge in [-0.05, 0) is 0 Å². The molecule has 0 aromatic rings. The van der Waals surface area contributed by atoms with Crippen LogP contribution in [0, 0.1) is 0 Å². The van der Waals surface area contributed by atoms with Gasteiger partial charge in [0.2, 0.25) is 0 Å². The van der Waals surface area contributed by atoms with E-state index < -0.39 is 14.1 Å². The molecule has 8 heteroatoms. The Morgan fingerprint density at radius 2 is 1.00 bits per heavy atom. The van der Waals surface area contributed by atoms with E-state index in [-0.39, 0.29) is 20.1 Å². The van der Waals surface area contributed by atoms with Gasteiger partial charge < -0.3 is 0 Å². The zero-order chi connectivity index (χ0) is 11.8. The smallest absolute Gasteiger partial charge is 0.107 e. The molecule has 0 heterocycles. The van der Waals surface area contributed by atoms with Crippen molar-refractivity contribution in [2.75, 3.05) is 0 Å². The van der Waals surface area contributed by atoms with Crippen molar-refractivity contribution >= 4 is 92.8 Å². The van der Waals surface area contributed by atoms with Gasteiger partial charge in [0.05, 0.1) is 20.1 Å². The van der Waals surface area contributed by atoms with Crippen molar-refractivity contribution in [3.8, 4) is 0 Å². The fourth-order valence-corrected chi connectivity index (χ4v) is 5.19. The number of rotatable bonds is 0. The van der Waals surface area contributed by atoms with Crippen LogP contribution in [-0.4, -0.2) is 14.1 Å². The van der Waals surface area contributed by atoms with Crippen molar-refractivity contribution in [1.29, 1.82) is 0 Å². The van der Waals surface area contributed by atoms with E-state index in [1.807, 2.05) is 0 Å². The van der Waals surface area contributed by atoms with Gasteiger partial charge >= 0.3 is 0 Å².